The van der Waals surface area contributed by atoms with Crippen LogP contribution in [0.25, 0.3) is 10.4 Å². The van der Waals surface area contributed by atoms with Gasteiger partial charge in [0.1, 0.15) is 6.61 Å². The third kappa shape index (κ3) is 19.7. The largest absolute Gasteiger partial charge is 0.379 e. The maximum absolute atomic E-state index is 11.5. The van der Waals surface area contributed by atoms with E-state index < -0.39 is 17.8 Å². The fraction of sp³-hybridized carbons (Fsp3) is 0.864. The minimum Gasteiger partial charge on any atom is -0.379 e. The van der Waals surface area contributed by atoms with Gasteiger partial charge in [-0.25, -0.2) is 4.79 Å². The predicted molar refractivity (Wildman–Crippen MR) is 128 cm³/mol. The van der Waals surface area contributed by atoms with Crippen molar-refractivity contribution < 1.29 is 57.1 Å². The van der Waals surface area contributed by atoms with E-state index in [1.54, 1.807) is 0 Å². The van der Waals surface area contributed by atoms with E-state index >= 15 is 0 Å². The molecule has 0 spiro atoms. The first-order valence-electron chi connectivity index (χ1n) is 12.3. The first-order chi connectivity index (χ1) is 18.6. The Morgan fingerprint density at radius 2 is 0.974 bits per heavy atom. The standard InChI is InChI=1S/C22H38N4O12/c23-25-24-3-4-30-5-6-31-7-8-32-9-10-33-11-12-34-13-14-35-15-16-36-17-18-37-19-22(29)38-26-20(27)1-2-21(26)28/h1-19H2. The second kappa shape index (κ2) is 24.9. The van der Waals surface area contributed by atoms with Crippen molar-refractivity contribution in [3.63, 3.8) is 0 Å². The fourth-order valence-electron chi connectivity index (χ4n) is 2.63. The van der Waals surface area contributed by atoms with Gasteiger partial charge in [-0.1, -0.05) is 5.11 Å². The van der Waals surface area contributed by atoms with Gasteiger partial charge < -0.3 is 42.7 Å². The Morgan fingerprint density at radius 3 is 1.34 bits per heavy atom. The van der Waals surface area contributed by atoms with E-state index in [0.29, 0.717) is 97.5 Å². The Kier molecular flexibility index (Phi) is 22.0. The van der Waals surface area contributed by atoms with Crippen LogP contribution in [-0.2, 0) is 57.1 Å². The van der Waals surface area contributed by atoms with Crippen LogP contribution in [0.2, 0.25) is 0 Å². The van der Waals surface area contributed by atoms with Crippen molar-refractivity contribution in [1.82, 2.24) is 5.06 Å². The Morgan fingerprint density at radius 1 is 0.632 bits per heavy atom. The van der Waals surface area contributed by atoms with Crippen LogP contribution in [0.15, 0.2) is 5.11 Å². The minimum atomic E-state index is -0.822. The Labute approximate surface area is 221 Å². The molecular formula is C22H38N4O12. The summed E-state index contributed by atoms with van der Waals surface area (Å²) in [5.41, 5.74) is 8.11. The minimum absolute atomic E-state index is 0.0419. The van der Waals surface area contributed by atoms with Crippen LogP contribution >= 0.6 is 0 Å². The van der Waals surface area contributed by atoms with Gasteiger partial charge in [0.05, 0.1) is 99.1 Å². The first-order valence-corrected chi connectivity index (χ1v) is 12.3. The van der Waals surface area contributed by atoms with E-state index in [-0.39, 0.29) is 32.7 Å². The molecule has 0 aromatic carbocycles. The number of amides is 2. The molecule has 0 bridgehead atoms. The molecule has 1 aliphatic rings. The van der Waals surface area contributed by atoms with Crippen molar-refractivity contribution in [3.8, 4) is 0 Å². The number of hydroxylamine groups is 2. The number of azide groups is 1. The molecule has 1 heterocycles. The number of carbonyl (C=O) groups is 3. The molecule has 0 unspecified atom stereocenters. The summed E-state index contributed by atoms with van der Waals surface area (Å²) in [7, 11) is 0. The highest BCUT2D eigenvalue weighted by Gasteiger charge is 2.32. The number of carbonyl (C=O) groups excluding carboxylic acids is 3. The lowest BCUT2D eigenvalue weighted by molar-refractivity contribution is -0.200. The number of rotatable bonds is 27. The molecule has 1 saturated heterocycles. The van der Waals surface area contributed by atoms with Crippen molar-refractivity contribution in [2.45, 2.75) is 12.8 Å². The summed E-state index contributed by atoms with van der Waals surface area (Å²) in [6.45, 7) is 5.93. The molecule has 0 saturated carbocycles. The van der Waals surface area contributed by atoms with Gasteiger partial charge in [-0.05, 0) is 5.53 Å². The second-order valence-corrected chi connectivity index (χ2v) is 7.34. The summed E-state index contributed by atoms with van der Waals surface area (Å²) in [5.74, 6) is -1.89. The molecule has 0 N–H and O–H groups in total. The monoisotopic (exact) mass is 550 g/mol. The summed E-state index contributed by atoms with van der Waals surface area (Å²) < 4.78 is 42.4. The van der Waals surface area contributed by atoms with Crippen molar-refractivity contribution >= 4 is 17.8 Å². The zero-order valence-corrected chi connectivity index (χ0v) is 21.6. The van der Waals surface area contributed by atoms with E-state index in [9.17, 15) is 14.4 Å². The van der Waals surface area contributed by atoms with Crippen molar-refractivity contribution in [2.75, 3.05) is 112 Å². The van der Waals surface area contributed by atoms with E-state index in [4.69, 9.17) is 43.4 Å². The van der Waals surface area contributed by atoms with Gasteiger partial charge in [-0.2, -0.15) is 0 Å². The lowest BCUT2D eigenvalue weighted by Crippen LogP contribution is -2.33. The SMILES string of the molecule is [N-]=[N+]=NCCOCCOCCOCCOCCOCCOCCOCCOCC(=O)ON1C(=O)CCC1=O. The summed E-state index contributed by atoms with van der Waals surface area (Å²) in [6.07, 6.45) is 0.0838. The quantitative estimate of drug-likeness (QED) is 0.0440. The molecule has 218 valence electrons. The van der Waals surface area contributed by atoms with Crippen LogP contribution in [0.1, 0.15) is 12.8 Å². The number of nitrogens with zero attached hydrogens (tertiary/aromatic N) is 4. The molecular weight excluding hydrogens is 512 g/mol. The molecule has 1 aliphatic heterocycles. The van der Waals surface area contributed by atoms with Gasteiger partial charge in [-0.15, -0.1) is 5.06 Å². The van der Waals surface area contributed by atoms with Gasteiger partial charge in [0, 0.05) is 24.3 Å². The summed E-state index contributed by atoms with van der Waals surface area (Å²) in [4.78, 5) is 41.5. The number of ether oxygens (including phenoxy) is 8. The summed E-state index contributed by atoms with van der Waals surface area (Å²) in [6, 6.07) is 0. The molecule has 0 radical (unpaired) electrons. The van der Waals surface area contributed by atoms with Gasteiger partial charge >= 0.3 is 5.97 Å². The molecule has 1 fully saturated rings. The fourth-order valence-corrected chi connectivity index (χ4v) is 2.63. The summed E-state index contributed by atoms with van der Waals surface area (Å²) >= 11 is 0. The van der Waals surface area contributed by atoms with Gasteiger partial charge in [0.25, 0.3) is 11.8 Å². The molecule has 38 heavy (non-hydrogen) atoms. The van der Waals surface area contributed by atoms with Crippen LogP contribution < -0.4 is 0 Å². The molecule has 0 aromatic heterocycles. The molecule has 0 aliphatic carbocycles. The smallest absolute Gasteiger partial charge is 0.358 e. The predicted octanol–water partition coefficient (Wildman–Crippen LogP) is 0.0367. The van der Waals surface area contributed by atoms with Crippen LogP contribution in [0.3, 0.4) is 0 Å². The van der Waals surface area contributed by atoms with Crippen LogP contribution in [0.4, 0.5) is 0 Å². The highest BCUT2D eigenvalue weighted by Crippen LogP contribution is 2.11. The highest BCUT2D eigenvalue weighted by molar-refractivity contribution is 6.01. The third-order valence-electron chi connectivity index (χ3n) is 4.42. The lowest BCUT2D eigenvalue weighted by Gasteiger charge is -2.12. The number of imide groups is 1. The highest BCUT2D eigenvalue weighted by atomic mass is 16.7. The van der Waals surface area contributed by atoms with Gasteiger partial charge in [-0.3, -0.25) is 9.59 Å². The van der Waals surface area contributed by atoms with E-state index in [0.717, 1.165) is 0 Å². The van der Waals surface area contributed by atoms with E-state index in [1.165, 1.54) is 0 Å². The van der Waals surface area contributed by atoms with Gasteiger partial charge in [0.2, 0.25) is 0 Å². The molecule has 0 atom stereocenters. The Balaban J connectivity index is 1.69. The average molecular weight is 551 g/mol. The number of hydrogen-bond acceptors (Lipinski definition) is 13. The Bertz CT molecular complexity index is 677. The maximum atomic E-state index is 11.5. The molecule has 1 rings (SSSR count). The average Bonchev–Trinajstić information content (AvgIpc) is 3.22. The zero-order valence-electron chi connectivity index (χ0n) is 21.6. The molecule has 2 amide bonds. The zero-order chi connectivity index (χ0) is 27.5. The summed E-state index contributed by atoms with van der Waals surface area (Å²) in [5, 5.41) is 3.83. The van der Waals surface area contributed by atoms with Crippen LogP contribution in [0.5, 0.6) is 0 Å². The normalized spacial score (nSPS) is 13.2. The van der Waals surface area contributed by atoms with Crippen molar-refractivity contribution in [3.05, 3.63) is 10.4 Å². The van der Waals surface area contributed by atoms with Crippen molar-refractivity contribution in [1.29, 1.82) is 0 Å². The van der Waals surface area contributed by atoms with Crippen LogP contribution in [0, 0.1) is 0 Å². The first kappa shape index (κ1) is 33.6. The third-order valence-corrected chi connectivity index (χ3v) is 4.42. The Hall–Kier alpha value is -2.40. The lowest BCUT2D eigenvalue weighted by atomic mass is 10.4. The van der Waals surface area contributed by atoms with E-state index in [1.807, 2.05) is 0 Å². The van der Waals surface area contributed by atoms with Gasteiger partial charge in [0.15, 0.2) is 0 Å². The number of hydrogen-bond donors (Lipinski definition) is 0. The van der Waals surface area contributed by atoms with Crippen LogP contribution in [-0.4, -0.2) is 135 Å². The maximum Gasteiger partial charge on any atom is 0.358 e. The van der Waals surface area contributed by atoms with E-state index in [2.05, 4.69) is 14.9 Å². The topological polar surface area (TPSA) is 186 Å². The molecule has 16 nitrogen and oxygen atoms in total. The molecule has 16 heteroatoms. The second-order valence-electron chi connectivity index (χ2n) is 7.34. The van der Waals surface area contributed by atoms with Crippen molar-refractivity contribution in [2.24, 2.45) is 5.11 Å². The molecule has 0 aromatic rings.